The lowest BCUT2D eigenvalue weighted by molar-refractivity contribution is -0.275. The Hall–Kier alpha value is -1.70. The summed E-state index contributed by atoms with van der Waals surface area (Å²) < 4.78 is 42.1. The molecule has 0 spiro atoms. The topological polar surface area (TPSA) is 24.8 Å². The molecule has 0 amide bonds. The van der Waals surface area contributed by atoms with Crippen LogP contribution in [0.25, 0.3) is 6.08 Å². The summed E-state index contributed by atoms with van der Waals surface area (Å²) in [6.07, 6.45) is -1.27. The van der Waals surface area contributed by atoms with Gasteiger partial charge in [0.15, 0.2) is 0 Å². The number of fused-ring (bicyclic) bond motifs is 1. The lowest BCUT2D eigenvalue weighted by Gasteiger charge is -2.29. The summed E-state index contributed by atoms with van der Waals surface area (Å²) in [5.41, 5.74) is -1.51. The van der Waals surface area contributed by atoms with Crippen molar-refractivity contribution in [3.63, 3.8) is 0 Å². The van der Waals surface area contributed by atoms with Gasteiger partial charge in [-0.2, -0.15) is 13.2 Å². The van der Waals surface area contributed by atoms with E-state index in [1.54, 1.807) is 0 Å². The van der Waals surface area contributed by atoms with E-state index in [0.29, 0.717) is 11.4 Å². The third-order valence-electron chi connectivity index (χ3n) is 4.54. The van der Waals surface area contributed by atoms with Gasteiger partial charge in [0.25, 0.3) is 5.60 Å². The second-order valence-corrected chi connectivity index (χ2v) is 8.52. The van der Waals surface area contributed by atoms with E-state index in [0.717, 1.165) is 10.4 Å². The molecule has 1 aromatic carbocycles. The molecule has 9 heteroatoms. The minimum absolute atomic E-state index is 0.109. The second-order valence-electron chi connectivity index (χ2n) is 6.51. The van der Waals surface area contributed by atoms with E-state index in [1.807, 2.05) is 30.3 Å². The molecule has 2 aliphatic rings. The quantitative estimate of drug-likeness (QED) is 0.576. The number of alkyl halides is 3. The molecule has 27 heavy (non-hydrogen) atoms. The summed E-state index contributed by atoms with van der Waals surface area (Å²) in [5, 5.41) is 4.03. The molecule has 3 heterocycles. The Morgan fingerprint density at radius 2 is 1.89 bits per heavy atom. The van der Waals surface area contributed by atoms with Gasteiger partial charge in [-0.25, -0.2) is 0 Å². The molecule has 3 nitrogen and oxygen atoms in total. The third kappa shape index (κ3) is 3.22. The van der Waals surface area contributed by atoms with Crippen molar-refractivity contribution in [1.82, 2.24) is 4.90 Å². The summed E-state index contributed by atoms with van der Waals surface area (Å²) in [4.78, 5) is 8.79. The number of benzene rings is 1. The molecule has 0 saturated heterocycles. The van der Waals surface area contributed by atoms with Crippen molar-refractivity contribution in [2.24, 2.45) is 5.16 Å². The number of hydrogen-bond acceptors (Lipinski definition) is 4. The lowest BCUT2D eigenvalue weighted by Crippen LogP contribution is -2.42. The van der Waals surface area contributed by atoms with Crippen LogP contribution in [-0.4, -0.2) is 23.8 Å². The third-order valence-corrected chi connectivity index (χ3v) is 6.16. The molecule has 0 aliphatic carbocycles. The largest absolute Gasteiger partial charge is 0.435 e. The van der Waals surface area contributed by atoms with Crippen molar-refractivity contribution in [2.45, 2.75) is 24.7 Å². The molecule has 142 valence electrons. The van der Waals surface area contributed by atoms with Crippen molar-refractivity contribution < 1.29 is 18.0 Å². The highest BCUT2D eigenvalue weighted by Gasteiger charge is 2.62. The van der Waals surface area contributed by atoms with E-state index in [2.05, 4.69) is 5.16 Å². The molecule has 0 N–H and O–H groups in total. The van der Waals surface area contributed by atoms with Crippen LogP contribution in [0.4, 0.5) is 13.2 Å². The van der Waals surface area contributed by atoms with Crippen molar-refractivity contribution in [3.05, 3.63) is 61.4 Å². The van der Waals surface area contributed by atoms with Gasteiger partial charge in [0, 0.05) is 27.5 Å². The molecule has 1 aromatic heterocycles. The molecular formula is C18H13Cl2F3N2OS. The molecule has 0 fully saturated rings. The van der Waals surface area contributed by atoms with Gasteiger partial charge < -0.3 is 9.74 Å². The van der Waals surface area contributed by atoms with Gasteiger partial charge in [0.05, 0.1) is 17.8 Å². The van der Waals surface area contributed by atoms with Gasteiger partial charge in [-0.3, -0.25) is 0 Å². The first-order valence-electron chi connectivity index (χ1n) is 7.98. The van der Waals surface area contributed by atoms with Crippen molar-refractivity contribution >= 4 is 46.3 Å². The van der Waals surface area contributed by atoms with Crippen LogP contribution in [0.3, 0.4) is 0 Å². The number of oxime groups is 1. The fourth-order valence-electron chi connectivity index (χ4n) is 3.16. The van der Waals surface area contributed by atoms with Crippen LogP contribution < -0.4 is 0 Å². The Labute approximate surface area is 167 Å². The van der Waals surface area contributed by atoms with Crippen molar-refractivity contribution in [2.75, 3.05) is 7.05 Å². The summed E-state index contributed by atoms with van der Waals surface area (Å²) in [7, 11) is 1.94. The van der Waals surface area contributed by atoms with Gasteiger partial charge in [-0.1, -0.05) is 28.4 Å². The smallest absolute Gasteiger partial charge is 0.375 e. The highest BCUT2D eigenvalue weighted by molar-refractivity contribution is 7.14. The van der Waals surface area contributed by atoms with Crippen LogP contribution in [0.5, 0.6) is 0 Å². The van der Waals surface area contributed by atoms with Crippen LogP contribution in [-0.2, 0) is 17.0 Å². The van der Waals surface area contributed by atoms with Crippen LogP contribution in [0.15, 0.2) is 35.6 Å². The zero-order chi connectivity index (χ0) is 19.4. The SMILES string of the molecule is CN1C=Cc2cc(C3=NOC(c4cc(Cl)cc(Cl)c4)(C(F)(F)F)C3)sc2C1. The molecule has 2 aromatic rings. The Bertz CT molecular complexity index is 950. The van der Waals surface area contributed by atoms with E-state index in [1.165, 1.54) is 29.5 Å². The zero-order valence-electron chi connectivity index (χ0n) is 14.0. The predicted octanol–water partition coefficient (Wildman–Crippen LogP) is 6.05. The number of halogens is 5. The number of nitrogens with zero attached hydrogens (tertiary/aromatic N) is 2. The Balaban J connectivity index is 1.71. The summed E-state index contributed by atoms with van der Waals surface area (Å²) >= 11 is 13.3. The first kappa shape index (κ1) is 18.7. The molecule has 2 aliphatic heterocycles. The van der Waals surface area contributed by atoms with E-state index in [-0.39, 0.29) is 21.3 Å². The van der Waals surface area contributed by atoms with Crippen LogP contribution >= 0.6 is 34.5 Å². The maximum Gasteiger partial charge on any atom is 0.435 e. The fraction of sp³-hybridized carbons (Fsp3) is 0.278. The van der Waals surface area contributed by atoms with Gasteiger partial charge in [0.1, 0.15) is 5.71 Å². The lowest BCUT2D eigenvalue weighted by atomic mass is 9.88. The molecule has 1 unspecified atom stereocenters. The molecule has 0 radical (unpaired) electrons. The standard InChI is InChI=1S/C18H13Cl2F3N2OS/c1-25-3-2-10-4-15(27-16(10)9-25)14-8-17(26-24-14,18(21,22)23)11-5-12(19)7-13(20)6-11/h2-7H,8-9H2,1H3. The maximum atomic E-state index is 14.0. The number of thiophene rings is 1. The number of hydrogen-bond donors (Lipinski definition) is 0. The van der Waals surface area contributed by atoms with Crippen molar-refractivity contribution in [1.29, 1.82) is 0 Å². The van der Waals surface area contributed by atoms with E-state index >= 15 is 0 Å². The Morgan fingerprint density at radius 3 is 2.56 bits per heavy atom. The number of rotatable bonds is 2. The van der Waals surface area contributed by atoms with Gasteiger partial charge in [0.2, 0.25) is 0 Å². The minimum Gasteiger partial charge on any atom is -0.375 e. The average molecular weight is 433 g/mol. The summed E-state index contributed by atoms with van der Waals surface area (Å²) in [6.45, 7) is 0.707. The summed E-state index contributed by atoms with van der Waals surface area (Å²) in [5.74, 6) is 0. The van der Waals surface area contributed by atoms with Crippen LogP contribution in [0.1, 0.15) is 27.3 Å². The van der Waals surface area contributed by atoms with Crippen LogP contribution in [0, 0.1) is 0 Å². The van der Waals surface area contributed by atoms with E-state index in [9.17, 15) is 13.2 Å². The molecule has 4 rings (SSSR count). The second kappa shape index (κ2) is 6.43. The highest BCUT2D eigenvalue weighted by Crippen LogP contribution is 2.50. The Morgan fingerprint density at radius 1 is 1.19 bits per heavy atom. The zero-order valence-corrected chi connectivity index (χ0v) is 16.3. The highest BCUT2D eigenvalue weighted by atomic mass is 35.5. The van der Waals surface area contributed by atoms with Gasteiger partial charge >= 0.3 is 6.18 Å². The van der Waals surface area contributed by atoms with Crippen LogP contribution in [0.2, 0.25) is 10.0 Å². The monoisotopic (exact) mass is 432 g/mol. The molecular weight excluding hydrogens is 420 g/mol. The Kier molecular flexibility index (Phi) is 4.44. The molecule has 0 saturated carbocycles. The predicted molar refractivity (Wildman–Crippen MR) is 101 cm³/mol. The normalized spacial score (nSPS) is 21.9. The fourth-order valence-corrected chi connectivity index (χ4v) is 4.88. The van der Waals surface area contributed by atoms with Gasteiger partial charge in [-0.15, -0.1) is 11.3 Å². The maximum absolute atomic E-state index is 14.0. The average Bonchev–Trinajstić information content (AvgIpc) is 3.17. The molecule has 1 atom stereocenters. The minimum atomic E-state index is -4.69. The van der Waals surface area contributed by atoms with E-state index < -0.39 is 18.2 Å². The molecule has 0 bridgehead atoms. The first-order chi connectivity index (χ1) is 12.7. The van der Waals surface area contributed by atoms with Gasteiger partial charge in [-0.05, 0) is 42.1 Å². The first-order valence-corrected chi connectivity index (χ1v) is 9.55. The van der Waals surface area contributed by atoms with Crippen molar-refractivity contribution in [3.8, 4) is 0 Å². The summed E-state index contributed by atoms with van der Waals surface area (Å²) in [6, 6.07) is 5.67. The van der Waals surface area contributed by atoms with E-state index in [4.69, 9.17) is 28.0 Å².